The van der Waals surface area contributed by atoms with Gasteiger partial charge in [0.15, 0.2) is 0 Å². The van der Waals surface area contributed by atoms with Crippen molar-refractivity contribution < 1.29 is 4.79 Å². The molecule has 1 amide bonds. The molecule has 3 nitrogen and oxygen atoms in total. The van der Waals surface area contributed by atoms with Gasteiger partial charge in [0.1, 0.15) is 0 Å². The maximum atomic E-state index is 11.6. The Balaban J connectivity index is 2.60. The van der Waals surface area contributed by atoms with Crippen LogP contribution in [0.3, 0.4) is 0 Å². The first-order chi connectivity index (χ1) is 6.16. The van der Waals surface area contributed by atoms with E-state index >= 15 is 0 Å². The SMILES string of the molecule is CCC(=O)N(C(C)C)C1CCNC1. The van der Waals surface area contributed by atoms with Crippen LogP contribution < -0.4 is 5.32 Å². The van der Waals surface area contributed by atoms with Crippen molar-refractivity contribution in [1.82, 2.24) is 10.2 Å². The van der Waals surface area contributed by atoms with E-state index in [9.17, 15) is 4.79 Å². The van der Waals surface area contributed by atoms with Gasteiger partial charge in [0.05, 0.1) is 0 Å². The highest BCUT2D eigenvalue weighted by Crippen LogP contribution is 2.13. The molecule has 1 unspecified atom stereocenters. The quantitative estimate of drug-likeness (QED) is 0.709. The number of carbonyl (C=O) groups is 1. The molecular weight excluding hydrogens is 164 g/mol. The molecule has 0 aromatic carbocycles. The third-order valence-corrected chi connectivity index (χ3v) is 2.57. The number of amides is 1. The van der Waals surface area contributed by atoms with Gasteiger partial charge in [-0.2, -0.15) is 0 Å². The van der Waals surface area contributed by atoms with E-state index in [1.165, 1.54) is 0 Å². The topological polar surface area (TPSA) is 32.3 Å². The zero-order valence-electron chi connectivity index (χ0n) is 8.84. The van der Waals surface area contributed by atoms with Crippen LogP contribution in [0.4, 0.5) is 0 Å². The summed E-state index contributed by atoms with van der Waals surface area (Å²) in [6.07, 6.45) is 1.72. The Labute approximate surface area is 80.5 Å². The molecule has 1 atom stereocenters. The molecule has 1 N–H and O–H groups in total. The van der Waals surface area contributed by atoms with Crippen molar-refractivity contribution in [2.24, 2.45) is 0 Å². The minimum absolute atomic E-state index is 0.281. The van der Waals surface area contributed by atoms with Crippen LogP contribution in [0.5, 0.6) is 0 Å². The molecule has 13 heavy (non-hydrogen) atoms. The van der Waals surface area contributed by atoms with Crippen molar-refractivity contribution in [3.63, 3.8) is 0 Å². The van der Waals surface area contributed by atoms with Crippen molar-refractivity contribution in [2.75, 3.05) is 13.1 Å². The summed E-state index contributed by atoms with van der Waals surface area (Å²) >= 11 is 0. The molecule has 0 aromatic rings. The number of rotatable bonds is 3. The van der Waals surface area contributed by atoms with Gasteiger partial charge in [0.2, 0.25) is 5.91 Å². The van der Waals surface area contributed by atoms with Gasteiger partial charge in [-0.3, -0.25) is 4.79 Å². The van der Waals surface area contributed by atoms with E-state index in [0.717, 1.165) is 19.5 Å². The number of hydrogen-bond donors (Lipinski definition) is 1. The number of carbonyl (C=O) groups excluding carboxylic acids is 1. The van der Waals surface area contributed by atoms with E-state index in [1.807, 2.05) is 11.8 Å². The first kappa shape index (κ1) is 10.5. The summed E-state index contributed by atoms with van der Waals surface area (Å²) in [7, 11) is 0. The molecule has 0 spiro atoms. The average molecular weight is 184 g/mol. The smallest absolute Gasteiger partial charge is 0.222 e. The Morgan fingerprint density at radius 2 is 2.31 bits per heavy atom. The second-order valence-corrected chi connectivity index (χ2v) is 3.89. The molecule has 0 radical (unpaired) electrons. The lowest BCUT2D eigenvalue weighted by Gasteiger charge is -2.32. The maximum Gasteiger partial charge on any atom is 0.222 e. The van der Waals surface area contributed by atoms with Crippen LogP contribution in [0.15, 0.2) is 0 Å². The third kappa shape index (κ3) is 2.44. The number of nitrogens with zero attached hydrogens (tertiary/aromatic N) is 1. The van der Waals surface area contributed by atoms with Crippen LogP contribution in [0.2, 0.25) is 0 Å². The van der Waals surface area contributed by atoms with Gasteiger partial charge in [0, 0.05) is 25.0 Å². The summed E-state index contributed by atoms with van der Waals surface area (Å²) in [5, 5.41) is 3.29. The first-order valence-electron chi connectivity index (χ1n) is 5.18. The minimum atomic E-state index is 0.281. The van der Waals surface area contributed by atoms with Crippen LogP contribution in [0, 0.1) is 0 Å². The van der Waals surface area contributed by atoms with Gasteiger partial charge >= 0.3 is 0 Å². The molecular formula is C10H20N2O. The fourth-order valence-electron chi connectivity index (χ4n) is 1.97. The molecule has 0 aromatic heterocycles. The van der Waals surface area contributed by atoms with Gasteiger partial charge in [-0.1, -0.05) is 6.92 Å². The molecule has 0 aliphatic carbocycles. The maximum absolute atomic E-state index is 11.6. The van der Waals surface area contributed by atoms with Crippen molar-refractivity contribution in [1.29, 1.82) is 0 Å². The molecule has 76 valence electrons. The predicted octanol–water partition coefficient (Wildman–Crippen LogP) is 0.995. The fourth-order valence-corrected chi connectivity index (χ4v) is 1.97. The van der Waals surface area contributed by atoms with Gasteiger partial charge in [-0.15, -0.1) is 0 Å². The molecule has 1 aliphatic rings. The molecule has 0 saturated carbocycles. The summed E-state index contributed by atoms with van der Waals surface area (Å²) in [5.74, 6) is 0.281. The molecule has 1 rings (SSSR count). The molecule has 3 heteroatoms. The Hall–Kier alpha value is -0.570. The minimum Gasteiger partial charge on any atom is -0.336 e. The van der Waals surface area contributed by atoms with Crippen molar-refractivity contribution in [2.45, 2.75) is 45.7 Å². The molecule has 1 aliphatic heterocycles. The normalized spacial score (nSPS) is 22.3. The largest absolute Gasteiger partial charge is 0.336 e. The second kappa shape index (κ2) is 4.61. The summed E-state index contributed by atoms with van der Waals surface area (Å²) in [6.45, 7) is 8.12. The number of hydrogen-bond acceptors (Lipinski definition) is 2. The van der Waals surface area contributed by atoms with Crippen LogP contribution in [0.25, 0.3) is 0 Å². The van der Waals surface area contributed by atoms with Crippen molar-refractivity contribution >= 4 is 5.91 Å². The molecule has 1 heterocycles. The van der Waals surface area contributed by atoms with Crippen molar-refractivity contribution in [3.05, 3.63) is 0 Å². The Morgan fingerprint density at radius 1 is 1.62 bits per heavy atom. The molecule has 0 bridgehead atoms. The zero-order valence-corrected chi connectivity index (χ0v) is 8.84. The summed E-state index contributed by atoms with van der Waals surface area (Å²) in [5.41, 5.74) is 0. The summed E-state index contributed by atoms with van der Waals surface area (Å²) in [4.78, 5) is 13.7. The van der Waals surface area contributed by atoms with E-state index in [2.05, 4.69) is 19.2 Å². The Kier molecular flexibility index (Phi) is 3.72. The third-order valence-electron chi connectivity index (χ3n) is 2.57. The van der Waals surface area contributed by atoms with Gasteiger partial charge < -0.3 is 10.2 Å². The lowest BCUT2D eigenvalue weighted by atomic mass is 10.1. The lowest BCUT2D eigenvalue weighted by Crippen LogP contribution is -2.45. The second-order valence-electron chi connectivity index (χ2n) is 3.89. The Bertz CT molecular complexity index is 174. The van der Waals surface area contributed by atoms with Crippen LogP contribution in [-0.2, 0) is 4.79 Å². The zero-order chi connectivity index (χ0) is 9.84. The van der Waals surface area contributed by atoms with Crippen LogP contribution >= 0.6 is 0 Å². The summed E-state index contributed by atoms with van der Waals surface area (Å²) < 4.78 is 0. The lowest BCUT2D eigenvalue weighted by molar-refractivity contribution is -0.134. The predicted molar refractivity (Wildman–Crippen MR) is 53.5 cm³/mol. The van der Waals surface area contributed by atoms with Crippen LogP contribution in [-0.4, -0.2) is 36.0 Å². The van der Waals surface area contributed by atoms with E-state index in [1.54, 1.807) is 0 Å². The highest BCUT2D eigenvalue weighted by Gasteiger charge is 2.27. The fraction of sp³-hybridized carbons (Fsp3) is 0.900. The van der Waals surface area contributed by atoms with E-state index in [-0.39, 0.29) is 5.91 Å². The molecule has 1 saturated heterocycles. The van der Waals surface area contributed by atoms with Crippen molar-refractivity contribution in [3.8, 4) is 0 Å². The first-order valence-corrected chi connectivity index (χ1v) is 5.18. The van der Waals surface area contributed by atoms with Crippen LogP contribution in [0.1, 0.15) is 33.6 Å². The van der Waals surface area contributed by atoms with Gasteiger partial charge in [-0.05, 0) is 26.8 Å². The average Bonchev–Trinajstić information content (AvgIpc) is 2.56. The standard InChI is InChI=1S/C10H20N2O/c1-4-10(13)12(8(2)3)9-5-6-11-7-9/h8-9,11H,4-7H2,1-3H3. The van der Waals surface area contributed by atoms with Gasteiger partial charge in [0.25, 0.3) is 0 Å². The Morgan fingerprint density at radius 3 is 2.69 bits per heavy atom. The van der Waals surface area contributed by atoms with Gasteiger partial charge in [-0.25, -0.2) is 0 Å². The highest BCUT2D eigenvalue weighted by molar-refractivity contribution is 5.76. The summed E-state index contributed by atoms with van der Waals surface area (Å²) in [6, 6.07) is 0.754. The molecule has 1 fully saturated rings. The highest BCUT2D eigenvalue weighted by atomic mass is 16.2. The van der Waals surface area contributed by atoms with E-state index in [4.69, 9.17) is 0 Å². The van der Waals surface area contributed by atoms with E-state index < -0.39 is 0 Å². The van der Waals surface area contributed by atoms with E-state index in [0.29, 0.717) is 18.5 Å². The number of nitrogens with one attached hydrogen (secondary N) is 1. The monoisotopic (exact) mass is 184 g/mol.